The summed E-state index contributed by atoms with van der Waals surface area (Å²) in [6.45, 7) is 0.352. The van der Waals surface area contributed by atoms with E-state index in [0.29, 0.717) is 45.9 Å². The normalized spacial score (nSPS) is 10.1. The van der Waals surface area contributed by atoms with Crippen LogP contribution in [0.2, 0.25) is 0 Å². The molecule has 1 heterocycles. The zero-order chi connectivity index (χ0) is 23.9. The maximum Gasteiger partial charge on any atom is 0.337 e. The topological polar surface area (TPSA) is 96.0 Å². The van der Waals surface area contributed by atoms with Crippen molar-refractivity contribution in [2.24, 2.45) is 0 Å². The Balaban J connectivity index is 1.64. The first-order chi connectivity index (χ1) is 16.6. The number of esters is 1. The van der Waals surface area contributed by atoms with Gasteiger partial charge in [0.05, 0.1) is 35.6 Å². The van der Waals surface area contributed by atoms with Gasteiger partial charge < -0.3 is 9.47 Å². The molecule has 1 aromatic heterocycles. The van der Waals surface area contributed by atoms with E-state index in [9.17, 15) is 15.3 Å². The SMILES string of the molecule is COC(=O)c1ccnc(-c2ccc(-c3ccc(OCc4ccccc4)c(C#N)c3)c(C#N)c2)c1. The molecule has 0 N–H and O–H groups in total. The van der Waals surface area contributed by atoms with Gasteiger partial charge in [-0.1, -0.05) is 48.5 Å². The van der Waals surface area contributed by atoms with Crippen LogP contribution in [0.5, 0.6) is 5.75 Å². The van der Waals surface area contributed by atoms with Gasteiger partial charge >= 0.3 is 5.97 Å². The Kier molecular flexibility index (Phi) is 6.63. The summed E-state index contributed by atoms with van der Waals surface area (Å²) in [5, 5.41) is 19.4. The molecule has 0 radical (unpaired) electrons. The number of aromatic nitrogens is 1. The molecular formula is C28H19N3O3. The average Bonchev–Trinajstić information content (AvgIpc) is 2.91. The van der Waals surface area contributed by atoms with Crippen molar-refractivity contribution < 1.29 is 14.3 Å². The van der Waals surface area contributed by atoms with Gasteiger partial charge in [0.1, 0.15) is 18.4 Å². The van der Waals surface area contributed by atoms with Crippen LogP contribution in [0.3, 0.4) is 0 Å². The summed E-state index contributed by atoms with van der Waals surface area (Å²) in [4.78, 5) is 16.1. The van der Waals surface area contributed by atoms with Gasteiger partial charge in [-0.3, -0.25) is 4.98 Å². The van der Waals surface area contributed by atoms with E-state index in [1.807, 2.05) is 42.5 Å². The second-order valence-electron chi connectivity index (χ2n) is 7.39. The molecule has 4 aromatic rings. The fourth-order valence-electron chi connectivity index (χ4n) is 3.53. The lowest BCUT2D eigenvalue weighted by Crippen LogP contribution is -2.01. The fraction of sp³-hybridized carbons (Fsp3) is 0.0714. The van der Waals surface area contributed by atoms with Crippen molar-refractivity contribution in [2.45, 2.75) is 6.61 Å². The first kappa shape index (κ1) is 22.3. The van der Waals surface area contributed by atoms with Gasteiger partial charge in [-0.25, -0.2) is 4.79 Å². The zero-order valence-electron chi connectivity index (χ0n) is 18.4. The molecule has 0 fully saturated rings. The predicted molar refractivity (Wildman–Crippen MR) is 127 cm³/mol. The third kappa shape index (κ3) is 4.77. The molecule has 0 saturated heterocycles. The number of rotatable bonds is 6. The Bertz CT molecular complexity index is 1430. The molecule has 0 atom stereocenters. The number of carbonyl (C=O) groups excluding carboxylic acids is 1. The zero-order valence-corrected chi connectivity index (χ0v) is 18.4. The first-order valence-electron chi connectivity index (χ1n) is 10.4. The molecule has 4 rings (SSSR count). The van der Waals surface area contributed by atoms with E-state index in [1.54, 1.807) is 36.4 Å². The number of ether oxygens (including phenoxy) is 2. The highest BCUT2D eigenvalue weighted by Crippen LogP contribution is 2.31. The highest BCUT2D eigenvalue weighted by molar-refractivity contribution is 5.90. The van der Waals surface area contributed by atoms with Crippen molar-refractivity contribution >= 4 is 5.97 Å². The van der Waals surface area contributed by atoms with Crippen molar-refractivity contribution in [1.82, 2.24) is 4.98 Å². The van der Waals surface area contributed by atoms with Gasteiger partial charge in [-0.05, 0) is 47.0 Å². The molecule has 6 heteroatoms. The average molecular weight is 445 g/mol. The van der Waals surface area contributed by atoms with Crippen molar-refractivity contribution in [3.63, 3.8) is 0 Å². The monoisotopic (exact) mass is 445 g/mol. The summed E-state index contributed by atoms with van der Waals surface area (Å²) >= 11 is 0. The molecule has 164 valence electrons. The molecule has 0 aliphatic heterocycles. The molecular weight excluding hydrogens is 426 g/mol. The Morgan fingerprint density at radius 3 is 2.35 bits per heavy atom. The molecule has 0 aliphatic carbocycles. The van der Waals surface area contributed by atoms with Gasteiger partial charge in [0.2, 0.25) is 0 Å². The Morgan fingerprint density at radius 2 is 1.62 bits per heavy atom. The van der Waals surface area contributed by atoms with Crippen molar-refractivity contribution in [3.05, 3.63) is 107 Å². The van der Waals surface area contributed by atoms with Crippen molar-refractivity contribution in [3.8, 4) is 40.3 Å². The molecule has 6 nitrogen and oxygen atoms in total. The smallest absolute Gasteiger partial charge is 0.337 e. The summed E-state index contributed by atoms with van der Waals surface area (Å²) in [7, 11) is 1.32. The summed E-state index contributed by atoms with van der Waals surface area (Å²) in [6.07, 6.45) is 1.52. The van der Waals surface area contributed by atoms with E-state index in [-0.39, 0.29) is 0 Å². The first-order valence-corrected chi connectivity index (χ1v) is 10.4. The van der Waals surface area contributed by atoms with Gasteiger partial charge in [-0.15, -0.1) is 0 Å². The number of nitriles is 2. The summed E-state index contributed by atoms with van der Waals surface area (Å²) < 4.78 is 10.6. The minimum Gasteiger partial charge on any atom is -0.488 e. The molecule has 0 bridgehead atoms. The number of nitrogens with zero attached hydrogens (tertiary/aromatic N) is 3. The predicted octanol–water partition coefficient (Wildman–Crippen LogP) is 5.52. The molecule has 3 aromatic carbocycles. The van der Waals surface area contributed by atoms with Crippen molar-refractivity contribution in [1.29, 1.82) is 10.5 Å². The maximum absolute atomic E-state index is 11.8. The van der Waals surface area contributed by atoms with E-state index in [1.165, 1.54) is 13.3 Å². The standard InChI is InChI=1S/C28H19N3O3/c1-33-28(32)22-11-12-31-26(15-22)21-7-9-25(23(14-21)16-29)20-8-10-27(24(13-20)17-30)34-18-19-5-3-2-4-6-19/h2-15H,18H2,1H3. The van der Waals surface area contributed by atoms with Gasteiger partial charge in [0.25, 0.3) is 0 Å². The fourth-order valence-corrected chi connectivity index (χ4v) is 3.53. The van der Waals surface area contributed by atoms with Crippen LogP contribution in [0, 0.1) is 22.7 Å². The van der Waals surface area contributed by atoms with Crippen LogP contribution in [0.15, 0.2) is 85.1 Å². The Hall–Kier alpha value is -4.94. The van der Waals surface area contributed by atoms with Crippen LogP contribution >= 0.6 is 0 Å². The van der Waals surface area contributed by atoms with Crippen LogP contribution < -0.4 is 4.74 Å². The highest BCUT2D eigenvalue weighted by Gasteiger charge is 2.13. The lowest BCUT2D eigenvalue weighted by Gasteiger charge is -2.11. The molecule has 0 spiro atoms. The lowest BCUT2D eigenvalue weighted by atomic mass is 9.95. The lowest BCUT2D eigenvalue weighted by molar-refractivity contribution is 0.0600. The van der Waals surface area contributed by atoms with Gasteiger partial charge in [0.15, 0.2) is 0 Å². The number of hydrogen-bond acceptors (Lipinski definition) is 6. The maximum atomic E-state index is 11.8. The third-order valence-corrected chi connectivity index (χ3v) is 5.27. The largest absolute Gasteiger partial charge is 0.488 e. The van der Waals surface area contributed by atoms with Gasteiger partial charge in [-0.2, -0.15) is 10.5 Å². The second kappa shape index (κ2) is 10.1. The quantitative estimate of drug-likeness (QED) is 0.362. The number of methoxy groups -OCH3 is 1. The number of carbonyl (C=O) groups is 1. The molecule has 0 aliphatic rings. The Morgan fingerprint density at radius 1 is 0.882 bits per heavy atom. The molecule has 0 saturated carbocycles. The summed E-state index contributed by atoms with van der Waals surface area (Å²) in [5.74, 6) is 0.0217. The molecule has 0 unspecified atom stereocenters. The molecule has 34 heavy (non-hydrogen) atoms. The van der Waals surface area contributed by atoms with Gasteiger partial charge in [0, 0.05) is 11.8 Å². The van der Waals surface area contributed by atoms with Crippen LogP contribution in [-0.4, -0.2) is 18.1 Å². The second-order valence-corrected chi connectivity index (χ2v) is 7.39. The third-order valence-electron chi connectivity index (χ3n) is 5.27. The van der Waals surface area contributed by atoms with E-state index >= 15 is 0 Å². The van der Waals surface area contributed by atoms with E-state index in [0.717, 1.165) is 11.1 Å². The number of hydrogen-bond donors (Lipinski definition) is 0. The number of benzene rings is 3. The highest BCUT2D eigenvalue weighted by atomic mass is 16.5. The number of pyridine rings is 1. The minimum absolute atomic E-state index is 0.352. The van der Waals surface area contributed by atoms with E-state index in [4.69, 9.17) is 9.47 Å². The Labute approximate surface area is 197 Å². The van der Waals surface area contributed by atoms with E-state index in [2.05, 4.69) is 17.1 Å². The van der Waals surface area contributed by atoms with Crippen LogP contribution in [0.25, 0.3) is 22.4 Å². The van der Waals surface area contributed by atoms with Crippen molar-refractivity contribution in [2.75, 3.05) is 7.11 Å². The van der Waals surface area contributed by atoms with Crippen LogP contribution in [0.4, 0.5) is 0 Å². The summed E-state index contributed by atoms with van der Waals surface area (Å²) in [6, 6.07) is 27.9. The minimum atomic E-state index is -0.459. The van der Waals surface area contributed by atoms with E-state index < -0.39 is 5.97 Å². The van der Waals surface area contributed by atoms with Crippen LogP contribution in [0.1, 0.15) is 27.0 Å². The van der Waals surface area contributed by atoms with Crippen LogP contribution in [-0.2, 0) is 11.3 Å². The summed E-state index contributed by atoms with van der Waals surface area (Å²) in [5.41, 5.74) is 4.83. The molecule has 0 amide bonds.